The summed E-state index contributed by atoms with van der Waals surface area (Å²) in [5.74, 6) is 0. The highest BCUT2D eigenvalue weighted by Crippen LogP contribution is 2.33. The molecule has 1 saturated heterocycles. The molecule has 15 heavy (non-hydrogen) atoms. The van der Waals surface area contributed by atoms with Gasteiger partial charge in [-0.2, -0.15) is 0 Å². The third kappa shape index (κ3) is 2.35. The van der Waals surface area contributed by atoms with Crippen molar-refractivity contribution in [2.75, 3.05) is 6.54 Å². The second-order valence-corrected chi connectivity index (χ2v) is 4.81. The van der Waals surface area contributed by atoms with E-state index in [2.05, 4.69) is 21.2 Å². The first kappa shape index (κ1) is 12.9. The second kappa shape index (κ2) is 4.81. The van der Waals surface area contributed by atoms with Crippen molar-refractivity contribution in [3.05, 3.63) is 34.3 Å². The molecule has 0 spiro atoms. The van der Waals surface area contributed by atoms with E-state index in [4.69, 9.17) is 0 Å². The van der Waals surface area contributed by atoms with Gasteiger partial charge in [0.05, 0.1) is 5.54 Å². The van der Waals surface area contributed by atoms with Gasteiger partial charge in [-0.05, 0) is 37.6 Å². The van der Waals surface area contributed by atoms with Crippen molar-refractivity contribution >= 4 is 28.3 Å². The third-order valence-corrected chi connectivity index (χ3v) is 3.49. The number of hydrogen-bond acceptors (Lipinski definition) is 1. The van der Waals surface area contributed by atoms with E-state index in [1.54, 1.807) is 0 Å². The van der Waals surface area contributed by atoms with E-state index in [1.807, 2.05) is 31.2 Å². The molecule has 1 aromatic rings. The number of rotatable bonds is 1. The molecule has 1 fully saturated rings. The first-order chi connectivity index (χ1) is 6.63. The number of alkyl halides is 1. The Morgan fingerprint density at radius 3 is 2.47 bits per heavy atom. The van der Waals surface area contributed by atoms with Crippen LogP contribution in [0.3, 0.4) is 0 Å². The summed E-state index contributed by atoms with van der Waals surface area (Å²) in [7, 11) is 0. The Labute approximate surface area is 104 Å². The molecule has 2 unspecified atom stereocenters. The van der Waals surface area contributed by atoms with Gasteiger partial charge in [0.1, 0.15) is 6.17 Å². The van der Waals surface area contributed by atoms with E-state index in [9.17, 15) is 4.39 Å². The minimum absolute atomic E-state index is 0. The molecule has 0 bridgehead atoms. The lowest BCUT2D eigenvalue weighted by Gasteiger charge is -2.27. The summed E-state index contributed by atoms with van der Waals surface area (Å²) in [6.45, 7) is 2.68. The van der Waals surface area contributed by atoms with Gasteiger partial charge in [0, 0.05) is 4.47 Å². The summed E-state index contributed by atoms with van der Waals surface area (Å²) in [5.41, 5.74) is 0.520. The fourth-order valence-corrected chi connectivity index (χ4v) is 2.20. The summed E-state index contributed by atoms with van der Waals surface area (Å²) in [4.78, 5) is 0. The first-order valence-corrected chi connectivity index (χ1v) is 5.57. The molecule has 0 aromatic heterocycles. The molecule has 2 atom stereocenters. The summed E-state index contributed by atoms with van der Waals surface area (Å²) in [6, 6.07) is 7.84. The second-order valence-electron chi connectivity index (χ2n) is 3.89. The van der Waals surface area contributed by atoms with Gasteiger partial charge in [-0.25, -0.2) is 4.39 Å². The standard InChI is InChI=1S/C11H13BrFN.ClH/c1-11(10(13)6-7-14-11)8-2-4-9(12)5-3-8;/h2-5,10,14H,6-7H2,1H3;1H. The van der Waals surface area contributed by atoms with Gasteiger partial charge >= 0.3 is 0 Å². The highest BCUT2D eigenvalue weighted by Gasteiger charge is 2.40. The van der Waals surface area contributed by atoms with Gasteiger partial charge in [0.2, 0.25) is 0 Å². The highest BCUT2D eigenvalue weighted by molar-refractivity contribution is 9.10. The van der Waals surface area contributed by atoms with Crippen LogP contribution in [0.5, 0.6) is 0 Å². The van der Waals surface area contributed by atoms with Crippen LogP contribution < -0.4 is 5.32 Å². The van der Waals surface area contributed by atoms with E-state index in [-0.39, 0.29) is 12.4 Å². The summed E-state index contributed by atoms with van der Waals surface area (Å²) < 4.78 is 14.7. The van der Waals surface area contributed by atoms with Crippen LogP contribution in [0.15, 0.2) is 28.7 Å². The van der Waals surface area contributed by atoms with Crippen molar-refractivity contribution in [2.24, 2.45) is 0 Å². The van der Waals surface area contributed by atoms with Crippen molar-refractivity contribution < 1.29 is 4.39 Å². The van der Waals surface area contributed by atoms with Crippen molar-refractivity contribution in [3.63, 3.8) is 0 Å². The number of hydrogen-bond donors (Lipinski definition) is 1. The monoisotopic (exact) mass is 293 g/mol. The molecule has 1 N–H and O–H groups in total. The van der Waals surface area contributed by atoms with Crippen LogP contribution in [0.4, 0.5) is 4.39 Å². The molecule has 4 heteroatoms. The van der Waals surface area contributed by atoms with Gasteiger partial charge in [-0.15, -0.1) is 12.4 Å². The third-order valence-electron chi connectivity index (χ3n) is 2.96. The van der Waals surface area contributed by atoms with Crippen molar-refractivity contribution in [1.82, 2.24) is 5.32 Å². The summed E-state index contributed by atoms with van der Waals surface area (Å²) in [5, 5.41) is 3.23. The van der Waals surface area contributed by atoms with Gasteiger partial charge < -0.3 is 5.32 Å². The zero-order chi connectivity index (χ0) is 10.2. The first-order valence-electron chi connectivity index (χ1n) is 4.78. The van der Waals surface area contributed by atoms with Gasteiger partial charge in [-0.1, -0.05) is 28.1 Å². The minimum atomic E-state index is -0.788. The van der Waals surface area contributed by atoms with Gasteiger partial charge in [0.25, 0.3) is 0 Å². The Morgan fingerprint density at radius 1 is 1.40 bits per heavy atom. The average Bonchev–Trinajstić information content (AvgIpc) is 2.49. The minimum Gasteiger partial charge on any atom is -0.305 e. The van der Waals surface area contributed by atoms with Crippen LogP contribution >= 0.6 is 28.3 Å². The van der Waals surface area contributed by atoms with E-state index >= 15 is 0 Å². The zero-order valence-electron chi connectivity index (χ0n) is 8.47. The molecular weight excluding hydrogens is 280 g/mol. The Kier molecular flexibility index (Phi) is 4.15. The Hall–Kier alpha value is -0.120. The molecule has 1 aromatic carbocycles. The molecular formula is C11H14BrClFN. The average molecular weight is 295 g/mol. The van der Waals surface area contributed by atoms with E-state index in [0.717, 1.165) is 16.6 Å². The summed E-state index contributed by atoms with van der Waals surface area (Å²) >= 11 is 3.37. The van der Waals surface area contributed by atoms with Crippen LogP contribution in [-0.2, 0) is 5.54 Å². The van der Waals surface area contributed by atoms with Gasteiger partial charge in [0.15, 0.2) is 0 Å². The fourth-order valence-electron chi connectivity index (χ4n) is 1.94. The van der Waals surface area contributed by atoms with Crippen molar-refractivity contribution in [3.8, 4) is 0 Å². The number of benzene rings is 1. The van der Waals surface area contributed by atoms with Crippen molar-refractivity contribution in [2.45, 2.75) is 25.1 Å². The molecule has 1 aliphatic rings. The number of halogens is 3. The quantitative estimate of drug-likeness (QED) is 0.837. The predicted octanol–water partition coefficient (Wildman–Crippen LogP) is 3.42. The summed E-state index contributed by atoms with van der Waals surface area (Å²) in [6.07, 6.45) is -0.185. The molecule has 1 nitrogen and oxygen atoms in total. The van der Waals surface area contributed by atoms with Crippen LogP contribution in [0, 0.1) is 0 Å². The Bertz CT molecular complexity index is 330. The lowest BCUT2D eigenvalue weighted by Crippen LogP contribution is -2.39. The number of nitrogens with one attached hydrogen (secondary N) is 1. The predicted molar refractivity (Wildman–Crippen MR) is 66.3 cm³/mol. The van der Waals surface area contributed by atoms with E-state index in [0.29, 0.717) is 6.42 Å². The maximum Gasteiger partial charge on any atom is 0.123 e. The molecule has 84 valence electrons. The molecule has 0 amide bonds. The van der Waals surface area contributed by atoms with Crippen LogP contribution in [0.25, 0.3) is 0 Å². The Balaban J connectivity index is 0.00000112. The molecule has 1 heterocycles. The maximum atomic E-state index is 13.7. The SMILES string of the molecule is CC1(c2ccc(Br)cc2)NCCC1F.Cl. The van der Waals surface area contributed by atoms with Crippen LogP contribution in [0.2, 0.25) is 0 Å². The Morgan fingerprint density at radius 2 is 2.00 bits per heavy atom. The van der Waals surface area contributed by atoms with E-state index < -0.39 is 11.7 Å². The smallest absolute Gasteiger partial charge is 0.123 e. The maximum absolute atomic E-state index is 13.7. The molecule has 2 rings (SSSR count). The van der Waals surface area contributed by atoms with Crippen LogP contribution in [0.1, 0.15) is 18.9 Å². The molecule has 0 radical (unpaired) electrons. The fraction of sp³-hybridized carbons (Fsp3) is 0.455. The van der Waals surface area contributed by atoms with E-state index in [1.165, 1.54) is 0 Å². The van der Waals surface area contributed by atoms with Crippen molar-refractivity contribution in [1.29, 1.82) is 0 Å². The zero-order valence-corrected chi connectivity index (χ0v) is 10.9. The topological polar surface area (TPSA) is 12.0 Å². The normalized spacial score (nSPS) is 29.9. The molecule has 1 aliphatic heterocycles. The lowest BCUT2D eigenvalue weighted by atomic mass is 9.89. The molecule has 0 aliphatic carbocycles. The molecule has 0 saturated carbocycles. The van der Waals surface area contributed by atoms with Crippen LogP contribution in [-0.4, -0.2) is 12.7 Å². The largest absolute Gasteiger partial charge is 0.305 e. The van der Waals surface area contributed by atoms with Gasteiger partial charge in [-0.3, -0.25) is 0 Å². The lowest BCUT2D eigenvalue weighted by molar-refractivity contribution is 0.220. The highest BCUT2D eigenvalue weighted by atomic mass is 79.9.